The minimum absolute atomic E-state index is 0.292. The number of nitrogens with one attached hydrogen (secondary N) is 2. The monoisotopic (exact) mass is 359 g/mol. The highest BCUT2D eigenvalue weighted by atomic mass is 32.1. The van der Waals surface area contributed by atoms with Crippen molar-refractivity contribution in [2.45, 2.75) is 38.6 Å². The van der Waals surface area contributed by atoms with Crippen LogP contribution < -0.4 is 15.5 Å². The van der Waals surface area contributed by atoms with Gasteiger partial charge in [-0.2, -0.15) is 0 Å². The lowest BCUT2D eigenvalue weighted by molar-refractivity contribution is -0.136. The van der Waals surface area contributed by atoms with Gasteiger partial charge in [-0.25, -0.2) is 4.79 Å². The summed E-state index contributed by atoms with van der Waals surface area (Å²) >= 11 is 5.26. The number of carbonyl (C=O) groups excluding carboxylic acids is 1. The molecule has 0 saturated carbocycles. The second kappa shape index (κ2) is 7.87. The average molecular weight is 359 g/mol. The molecule has 2 aliphatic heterocycles. The Hall–Kier alpha value is -2.08. The third-order valence-corrected chi connectivity index (χ3v) is 5.09. The van der Waals surface area contributed by atoms with Gasteiger partial charge in [0.05, 0.1) is 18.7 Å². The third-order valence-electron chi connectivity index (χ3n) is 4.87. The van der Waals surface area contributed by atoms with E-state index in [4.69, 9.17) is 17.0 Å². The molecule has 2 aliphatic rings. The first kappa shape index (κ1) is 17.7. The summed E-state index contributed by atoms with van der Waals surface area (Å²) in [5.41, 5.74) is 3.54. The molecule has 2 heterocycles. The fraction of sp³-hybridized carbons (Fsp3) is 0.474. The molecule has 0 bridgehead atoms. The van der Waals surface area contributed by atoms with Crippen molar-refractivity contribution < 1.29 is 9.53 Å². The zero-order valence-corrected chi connectivity index (χ0v) is 15.6. The van der Waals surface area contributed by atoms with Gasteiger partial charge in [0.15, 0.2) is 5.11 Å². The van der Waals surface area contributed by atoms with Gasteiger partial charge in [0.1, 0.15) is 0 Å². The molecule has 1 aromatic rings. The van der Waals surface area contributed by atoms with Crippen LogP contribution in [0.25, 0.3) is 0 Å². The fourth-order valence-electron chi connectivity index (χ4n) is 3.53. The molecule has 0 amide bonds. The predicted molar refractivity (Wildman–Crippen MR) is 103 cm³/mol. The molecule has 1 fully saturated rings. The number of esters is 1. The van der Waals surface area contributed by atoms with Crippen molar-refractivity contribution in [2.75, 3.05) is 25.1 Å². The first-order valence-electron chi connectivity index (χ1n) is 8.81. The van der Waals surface area contributed by atoms with Gasteiger partial charge in [0.2, 0.25) is 0 Å². The van der Waals surface area contributed by atoms with Crippen molar-refractivity contribution in [2.24, 2.45) is 0 Å². The molecule has 0 aliphatic carbocycles. The molecule has 6 heteroatoms. The van der Waals surface area contributed by atoms with Gasteiger partial charge in [-0.3, -0.25) is 0 Å². The van der Waals surface area contributed by atoms with Crippen LogP contribution in [-0.4, -0.2) is 31.3 Å². The lowest BCUT2D eigenvalue weighted by atomic mass is 9.95. The van der Waals surface area contributed by atoms with Crippen LogP contribution in [0, 0.1) is 0 Å². The van der Waals surface area contributed by atoms with Gasteiger partial charge >= 0.3 is 5.97 Å². The Balaban J connectivity index is 1.85. The van der Waals surface area contributed by atoms with E-state index in [0.29, 0.717) is 10.7 Å². The Morgan fingerprint density at radius 3 is 2.40 bits per heavy atom. The van der Waals surface area contributed by atoms with Crippen molar-refractivity contribution in [3.63, 3.8) is 0 Å². The number of hydrogen-bond acceptors (Lipinski definition) is 4. The Bertz CT molecular complexity index is 676. The van der Waals surface area contributed by atoms with E-state index in [9.17, 15) is 4.79 Å². The molecule has 1 aromatic carbocycles. The maximum Gasteiger partial charge on any atom is 0.337 e. The number of anilines is 1. The quantitative estimate of drug-likeness (QED) is 0.639. The standard InChI is InChI=1S/C19H25N3O2S/c1-13-16(18(23)24-2)17(21-19(25)20-13)14-7-9-15(10-8-14)22-11-5-3-4-6-12-22/h7-10,17H,3-6,11-12H2,1-2H3,(H2,20,21,25). The van der Waals surface area contributed by atoms with E-state index in [0.717, 1.165) is 24.4 Å². The van der Waals surface area contributed by atoms with E-state index in [2.05, 4.69) is 39.8 Å². The molecule has 2 N–H and O–H groups in total. The van der Waals surface area contributed by atoms with Gasteiger partial charge in [0, 0.05) is 24.5 Å². The second-order valence-electron chi connectivity index (χ2n) is 6.55. The predicted octanol–water partition coefficient (Wildman–Crippen LogP) is 3.03. The Labute approximate surface area is 154 Å². The van der Waals surface area contributed by atoms with Crippen molar-refractivity contribution >= 4 is 29.0 Å². The summed E-state index contributed by atoms with van der Waals surface area (Å²) in [4.78, 5) is 14.7. The van der Waals surface area contributed by atoms with Crippen LogP contribution in [0.5, 0.6) is 0 Å². The molecule has 0 aromatic heterocycles. The zero-order valence-electron chi connectivity index (χ0n) is 14.8. The summed E-state index contributed by atoms with van der Waals surface area (Å²) < 4.78 is 4.95. The summed E-state index contributed by atoms with van der Waals surface area (Å²) in [5, 5.41) is 6.71. The summed E-state index contributed by atoms with van der Waals surface area (Å²) in [5.74, 6) is -0.346. The Morgan fingerprint density at radius 2 is 1.80 bits per heavy atom. The SMILES string of the molecule is COC(=O)C1=C(C)NC(=S)NC1c1ccc(N2CCCCCC2)cc1. The molecule has 1 unspecified atom stereocenters. The lowest BCUT2D eigenvalue weighted by Crippen LogP contribution is -2.45. The lowest BCUT2D eigenvalue weighted by Gasteiger charge is -2.30. The molecule has 25 heavy (non-hydrogen) atoms. The van der Waals surface area contributed by atoms with E-state index in [-0.39, 0.29) is 12.0 Å². The number of ether oxygens (including phenoxy) is 1. The topological polar surface area (TPSA) is 53.6 Å². The Morgan fingerprint density at radius 1 is 1.16 bits per heavy atom. The largest absolute Gasteiger partial charge is 0.466 e. The summed E-state index contributed by atoms with van der Waals surface area (Å²) in [6.07, 6.45) is 5.13. The molecule has 134 valence electrons. The molecular formula is C19H25N3O2S. The van der Waals surface area contributed by atoms with E-state index in [1.165, 1.54) is 38.5 Å². The van der Waals surface area contributed by atoms with Gasteiger partial charge in [-0.1, -0.05) is 25.0 Å². The normalized spacial score (nSPS) is 21.3. The number of allylic oxidation sites excluding steroid dienone is 1. The van der Waals surface area contributed by atoms with Crippen molar-refractivity contribution in [3.05, 3.63) is 41.1 Å². The minimum Gasteiger partial charge on any atom is -0.466 e. The molecular weight excluding hydrogens is 334 g/mol. The molecule has 0 spiro atoms. The Kier molecular flexibility index (Phi) is 5.58. The highest BCUT2D eigenvalue weighted by Gasteiger charge is 2.30. The molecule has 5 nitrogen and oxygen atoms in total. The van der Waals surface area contributed by atoms with E-state index in [1.807, 2.05) is 6.92 Å². The third kappa shape index (κ3) is 3.95. The highest BCUT2D eigenvalue weighted by Crippen LogP contribution is 2.29. The molecule has 1 atom stereocenters. The number of nitrogens with zero attached hydrogens (tertiary/aromatic N) is 1. The van der Waals surface area contributed by atoms with E-state index in [1.54, 1.807) is 0 Å². The van der Waals surface area contributed by atoms with Crippen molar-refractivity contribution in [1.29, 1.82) is 0 Å². The number of methoxy groups -OCH3 is 1. The molecule has 0 radical (unpaired) electrons. The summed E-state index contributed by atoms with van der Waals surface area (Å²) in [7, 11) is 1.40. The van der Waals surface area contributed by atoms with Gasteiger partial charge in [-0.15, -0.1) is 0 Å². The maximum atomic E-state index is 12.2. The van der Waals surface area contributed by atoms with Crippen LogP contribution >= 0.6 is 12.2 Å². The van der Waals surface area contributed by atoms with Crippen LogP contribution in [0.1, 0.15) is 44.2 Å². The maximum absolute atomic E-state index is 12.2. The van der Waals surface area contributed by atoms with Gasteiger partial charge in [-0.05, 0) is 49.7 Å². The zero-order chi connectivity index (χ0) is 17.8. The minimum atomic E-state index is -0.346. The number of benzene rings is 1. The van der Waals surface area contributed by atoms with E-state index < -0.39 is 0 Å². The van der Waals surface area contributed by atoms with Gasteiger partial charge in [0.25, 0.3) is 0 Å². The van der Waals surface area contributed by atoms with Gasteiger partial charge < -0.3 is 20.3 Å². The number of carbonyl (C=O) groups is 1. The summed E-state index contributed by atoms with van der Waals surface area (Å²) in [6.45, 7) is 4.07. The first-order chi connectivity index (χ1) is 12.1. The van der Waals surface area contributed by atoms with Crippen molar-refractivity contribution in [3.8, 4) is 0 Å². The average Bonchev–Trinajstić information content (AvgIpc) is 2.90. The second-order valence-corrected chi connectivity index (χ2v) is 6.96. The van der Waals surface area contributed by atoms with Crippen LogP contribution in [0.2, 0.25) is 0 Å². The molecule has 3 rings (SSSR count). The molecule has 1 saturated heterocycles. The fourth-order valence-corrected chi connectivity index (χ4v) is 3.80. The van der Waals surface area contributed by atoms with E-state index >= 15 is 0 Å². The number of rotatable bonds is 3. The van der Waals surface area contributed by atoms with Crippen molar-refractivity contribution in [1.82, 2.24) is 10.6 Å². The number of hydrogen-bond donors (Lipinski definition) is 2. The van der Waals surface area contributed by atoms with Crippen LogP contribution in [-0.2, 0) is 9.53 Å². The highest BCUT2D eigenvalue weighted by molar-refractivity contribution is 7.80. The smallest absolute Gasteiger partial charge is 0.337 e. The van der Waals surface area contributed by atoms with Crippen LogP contribution in [0.15, 0.2) is 35.5 Å². The van der Waals surface area contributed by atoms with Crippen LogP contribution in [0.4, 0.5) is 5.69 Å². The number of thiocarbonyl (C=S) groups is 1. The first-order valence-corrected chi connectivity index (χ1v) is 9.22. The summed E-state index contributed by atoms with van der Waals surface area (Å²) in [6, 6.07) is 8.12. The van der Waals surface area contributed by atoms with Crippen LogP contribution in [0.3, 0.4) is 0 Å².